The Morgan fingerprint density at radius 3 is 2.55 bits per heavy atom. The third-order valence-electron chi connectivity index (χ3n) is 3.86. The number of hydrogen-bond acceptors (Lipinski definition) is 2. The third kappa shape index (κ3) is 4.71. The van der Waals surface area contributed by atoms with Crippen molar-refractivity contribution in [1.82, 2.24) is 5.32 Å². The highest BCUT2D eigenvalue weighted by Gasteiger charge is 2.17. The van der Waals surface area contributed by atoms with Crippen molar-refractivity contribution in [2.75, 3.05) is 6.26 Å². The van der Waals surface area contributed by atoms with E-state index >= 15 is 0 Å². The summed E-state index contributed by atoms with van der Waals surface area (Å²) in [6.07, 6.45) is 7.68. The predicted octanol–water partition coefficient (Wildman–Crippen LogP) is 3.96. The van der Waals surface area contributed by atoms with Crippen molar-refractivity contribution in [3.63, 3.8) is 0 Å². The molecular weight excluding hydrogens is 266 g/mol. The van der Waals surface area contributed by atoms with Gasteiger partial charge in [0.25, 0.3) is 0 Å². The molecule has 0 aromatic heterocycles. The average Bonchev–Trinajstić information content (AvgIpc) is 2.48. The zero-order valence-electron chi connectivity index (χ0n) is 12.2. The highest BCUT2D eigenvalue weighted by Crippen LogP contribution is 2.22. The Morgan fingerprint density at radius 2 is 1.95 bits per heavy atom. The first-order valence-corrected chi connectivity index (χ1v) is 8.49. The fourth-order valence-corrected chi connectivity index (χ4v) is 2.93. The summed E-state index contributed by atoms with van der Waals surface area (Å²) in [5, 5.41) is 3.15. The quantitative estimate of drug-likeness (QED) is 0.657. The lowest BCUT2D eigenvalue weighted by molar-refractivity contribution is -0.121. The SMILES string of the molecule is C=C1CCC(NC(=O)CCc2ccc(SC)cc2)CC1. The summed E-state index contributed by atoms with van der Waals surface area (Å²) in [4.78, 5) is 13.2. The van der Waals surface area contributed by atoms with E-state index < -0.39 is 0 Å². The van der Waals surface area contributed by atoms with Crippen LogP contribution in [0.3, 0.4) is 0 Å². The van der Waals surface area contributed by atoms with E-state index in [-0.39, 0.29) is 5.91 Å². The summed E-state index contributed by atoms with van der Waals surface area (Å²) < 4.78 is 0. The number of thioether (sulfide) groups is 1. The van der Waals surface area contributed by atoms with Crippen molar-refractivity contribution in [3.05, 3.63) is 42.0 Å². The maximum Gasteiger partial charge on any atom is 0.220 e. The predicted molar refractivity (Wildman–Crippen MR) is 86.1 cm³/mol. The molecule has 0 unspecified atom stereocenters. The number of benzene rings is 1. The molecule has 0 radical (unpaired) electrons. The summed E-state index contributed by atoms with van der Waals surface area (Å²) in [5.41, 5.74) is 2.55. The smallest absolute Gasteiger partial charge is 0.220 e. The van der Waals surface area contributed by atoms with Gasteiger partial charge in [-0.15, -0.1) is 11.8 Å². The molecule has 2 rings (SSSR count). The zero-order valence-corrected chi connectivity index (χ0v) is 13.0. The Hall–Kier alpha value is -1.22. The second-order valence-corrected chi connectivity index (χ2v) is 6.32. The minimum atomic E-state index is 0.177. The normalized spacial score (nSPS) is 16.1. The number of allylic oxidation sites excluding steroid dienone is 1. The molecule has 1 saturated carbocycles. The summed E-state index contributed by atoms with van der Waals surface area (Å²) in [5.74, 6) is 0.177. The van der Waals surface area contributed by atoms with Crippen LogP contribution in [0.25, 0.3) is 0 Å². The van der Waals surface area contributed by atoms with Crippen LogP contribution in [0.2, 0.25) is 0 Å². The Kier molecular flexibility index (Phi) is 5.72. The first kappa shape index (κ1) is 15.2. The van der Waals surface area contributed by atoms with E-state index in [1.807, 2.05) is 0 Å². The van der Waals surface area contributed by atoms with Crippen LogP contribution in [0.4, 0.5) is 0 Å². The van der Waals surface area contributed by atoms with E-state index in [1.165, 1.54) is 16.0 Å². The van der Waals surface area contributed by atoms with E-state index in [0.29, 0.717) is 12.5 Å². The number of carbonyl (C=O) groups is 1. The van der Waals surface area contributed by atoms with E-state index in [2.05, 4.69) is 42.4 Å². The third-order valence-corrected chi connectivity index (χ3v) is 4.60. The van der Waals surface area contributed by atoms with E-state index in [0.717, 1.165) is 32.1 Å². The van der Waals surface area contributed by atoms with Gasteiger partial charge in [-0.2, -0.15) is 0 Å². The van der Waals surface area contributed by atoms with Crippen LogP contribution in [-0.4, -0.2) is 18.2 Å². The fraction of sp³-hybridized carbons (Fsp3) is 0.471. The molecule has 0 aliphatic heterocycles. The van der Waals surface area contributed by atoms with Crippen LogP contribution in [0.15, 0.2) is 41.3 Å². The van der Waals surface area contributed by atoms with Crippen LogP contribution in [0, 0.1) is 0 Å². The largest absolute Gasteiger partial charge is 0.353 e. The number of carbonyl (C=O) groups excluding carboxylic acids is 1. The molecule has 1 aliphatic rings. The van der Waals surface area contributed by atoms with Crippen LogP contribution in [0.5, 0.6) is 0 Å². The van der Waals surface area contributed by atoms with Gasteiger partial charge in [-0.1, -0.05) is 24.3 Å². The zero-order chi connectivity index (χ0) is 14.4. The molecule has 108 valence electrons. The van der Waals surface area contributed by atoms with Crippen molar-refractivity contribution in [3.8, 4) is 0 Å². The molecule has 1 fully saturated rings. The first-order chi connectivity index (χ1) is 9.67. The van der Waals surface area contributed by atoms with Gasteiger partial charge in [0.15, 0.2) is 0 Å². The molecule has 1 aromatic rings. The Balaban J connectivity index is 1.72. The van der Waals surface area contributed by atoms with Crippen LogP contribution in [0.1, 0.15) is 37.7 Å². The van der Waals surface area contributed by atoms with Crippen molar-refractivity contribution in [2.24, 2.45) is 0 Å². The molecule has 20 heavy (non-hydrogen) atoms. The summed E-state index contributed by atoms with van der Waals surface area (Å²) in [7, 11) is 0. The van der Waals surface area contributed by atoms with Gasteiger partial charge in [-0.25, -0.2) is 0 Å². The van der Waals surface area contributed by atoms with Gasteiger partial charge in [0, 0.05) is 17.4 Å². The highest BCUT2D eigenvalue weighted by molar-refractivity contribution is 7.98. The minimum Gasteiger partial charge on any atom is -0.353 e. The number of rotatable bonds is 5. The molecule has 0 bridgehead atoms. The standard InChI is InChI=1S/C17H23NOS/c1-13-3-8-15(9-4-13)18-17(19)12-7-14-5-10-16(20-2)11-6-14/h5-6,10-11,15H,1,3-4,7-9,12H2,2H3,(H,18,19). The van der Waals surface area contributed by atoms with Crippen LogP contribution >= 0.6 is 11.8 Å². The summed E-state index contributed by atoms with van der Waals surface area (Å²) in [6.45, 7) is 4.00. The lowest BCUT2D eigenvalue weighted by Crippen LogP contribution is -2.36. The van der Waals surface area contributed by atoms with Crippen molar-refractivity contribution < 1.29 is 4.79 Å². The molecule has 0 spiro atoms. The molecule has 0 atom stereocenters. The second-order valence-electron chi connectivity index (χ2n) is 5.44. The van der Waals surface area contributed by atoms with Gasteiger partial charge in [-0.3, -0.25) is 4.79 Å². The molecule has 2 nitrogen and oxygen atoms in total. The van der Waals surface area contributed by atoms with Crippen LogP contribution < -0.4 is 5.32 Å². The Bertz CT molecular complexity index is 456. The molecule has 0 saturated heterocycles. The molecule has 0 heterocycles. The second kappa shape index (κ2) is 7.53. The monoisotopic (exact) mass is 289 g/mol. The topological polar surface area (TPSA) is 29.1 Å². The molecule has 3 heteroatoms. The molecule has 1 aromatic carbocycles. The Labute approximate surface area is 126 Å². The molecular formula is C17H23NOS. The van der Waals surface area contributed by atoms with Crippen molar-refractivity contribution >= 4 is 17.7 Å². The van der Waals surface area contributed by atoms with E-state index in [9.17, 15) is 4.79 Å². The van der Waals surface area contributed by atoms with Gasteiger partial charge >= 0.3 is 0 Å². The molecule has 1 amide bonds. The van der Waals surface area contributed by atoms with E-state index in [4.69, 9.17) is 0 Å². The number of amides is 1. The lowest BCUT2D eigenvalue weighted by atomic mass is 9.92. The maximum absolute atomic E-state index is 12.0. The number of nitrogens with one attached hydrogen (secondary N) is 1. The van der Waals surface area contributed by atoms with Crippen molar-refractivity contribution in [1.29, 1.82) is 0 Å². The average molecular weight is 289 g/mol. The van der Waals surface area contributed by atoms with Gasteiger partial charge in [0.1, 0.15) is 0 Å². The first-order valence-electron chi connectivity index (χ1n) is 7.26. The van der Waals surface area contributed by atoms with Gasteiger partial charge in [0.2, 0.25) is 5.91 Å². The maximum atomic E-state index is 12.0. The summed E-state index contributed by atoms with van der Waals surface area (Å²) in [6, 6.07) is 8.81. The lowest BCUT2D eigenvalue weighted by Gasteiger charge is -2.24. The fourth-order valence-electron chi connectivity index (χ4n) is 2.52. The Morgan fingerprint density at radius 1 is 1.30 bits per heavy atom. The van der Waals surface area contributed by atoms with E-state index in [1.54, 1.807) is 11.8 Å². The van der Waals surface area contributed by atoms with Crippen molar-refractivity contribution in [2.45, 2.75) is 49.5 Å². The molecule has 1 N–H and O–H groups in total. The highest BCUT2D eigenvalue weighted by atomic mass is 32.2. The van der Waals surface area contributed by atoms with Gasteiger partial charge in [-0.05, 0) is 56.1 Å². The minimum absolute atomic E-state index is 0.177. The molecule has 1 aliphatic carbocycles. The summed E-state index contributed by atoms with van der Waals surface area (Å²) >= 11 is 1.74. The van der Waals surface area contributed by atoms with Crippen LogP contribution in [-0.2, 0) is 11.2 Å². The van der Waals surface area contributed by atoms with Gasteiger partial charge < -0.3 is 5.32 Å². The number of hydrogen-bond donors (Lipinski definition) is 1. The van der Waals surface area contributed by atoms with Gasteiger partial charge in [0.05, 0.1) is 0 Å². The number of aryl methyl sites for hydroxylation is 1.